The van der Waals surface area contributed by atoms with Crippen LogP contribution in [0.25, 0.3) is 0 Å². The van der Waals surface area contributed by atoms with E-state index in [-0.39, 0.29) is 6.09 Å². The van der Waals surface area contributed by atoms with Crippen molar-refractivity contribution in [2.24, 2.45) is 7.05 Å². The van der Waals surface area contributed by atoms with E-state index in [1.54, 1.807) is 4.90 Å². The van der Waals surface area contributed by atoms with E-state index in [9.17, 15) is 4.79 Å². The van der Waals surface area contributed by atoms with Crippen molar-refractivity contribution in [1.29, 1.82) is 0 Å². The number of anilines is 2. The number of benzene rings is 1. The molecule has 25 heavy (non-hydrogen) atoms. The van der Waals surface area contributed by atoms with Crippen molar-refractivity contribution in [3.8, 4) is 0 Å². The molecule has 3 rings (SSSR count). The highest BCUT2D eigenvalue weighted by Gasteiger charge is 2.28. The molecule has 1 amide bonds. The Morgan fingerprint density at radius 2 is 1.92 bits per heavy atom. The summed E-state index contributed by atoms with van der Waals surface area (Å²) in [5.74, 6) is 1.00. The van der Waals surface area contributed by atoms with Crippen molar-refractivity contribution in [1.82, 2.24) is 9.55 Å². The molecule has 1 aliphatic rings. The van der Waals surface area contributed by atoms with E-state index in [1.807, 2.05) is 63.0 Å². The Kier molecular flexibility index (Phi) is 4.70. The number of rotatable bonds is 2. The molecule has 1 aromatic heterocycles. The number of fused-ring (bicyclic) bond motifs is 1. The third kappa shape index (κ3) is 3.95. The zero-order valence-electron chi connectivity index (χ0n) is 15.4. The summed E-state index contributed by atoms with van der Waals surface area (Å²) in [6, 6.07) is 8.00. The molecular weight excluding hydrogens is 316 g/mol. The minimum Gasteiger partial charge on any atom is -0.443 e. The van der Waals surface area contributed by atoms with Crippen LogP contribution in [-0.2, 0) is 18.3 Å². The van der Waals surface area contributed by atoms with Gasteiger partial charge in [0.15, 0.2) is 0 Å². The molecule has 134 valence electrons. The van der Waals surface area contributed by atoms with Crippen LogP contribution in [0.3, 0.4) is 0 Å². The fourth-order valence-corrected chi connectivity index (χ4v) is 3.01. The lowest BCUT2D eigenvalue weighted by Crippen LogP contribution is -2.37. The SMILES string of the molecule is Cn1ccnc1CN1CCCN(C(=O)OC(C)(C)C)c2ccccc21. The normalized spacial score (nSPS) is 14.9. The van der Waals surface area contributed by atoms with Gasteiger partial charge in [0.25, 0.3) is 0 Å². The number of hydrogen-bond acceptors (Lipinski definition) is 4. The van der Waals surface area contributed by atoms with Crippen LogP contribution in [0, 0.1) is 0 Å². The van der Waals surface area contributed by atoms with Gasteiger partial charge in [0.2, 0.25) is 0 Å². The topological polar surface area (TPSA) is 50.6 Å². The minimum absolute atomic E-state index is 0.293. The van der Waals surface area contributed by atoms with Gasteiger partial charge in [-0.3, -0.25) is 4.90 Å². The first kappa shape index (κ1) is 17.3. The summed E-state index contributed by atoms with van der Waals surface area (Å²) in [5.41, 5.74) is 1.42. The summed E-state index contributed by atoms with van der Waals surface area (Å²) in [4.78, 5) is 21.1. The first-order valence-electron chi connectivity index (χ1n) is 8.66. The lowest BCUT2D eigenvalue weighted by molar-refractivity contribution is 0.0581. The van der Waals surface area contributed by atoms with Gasteiger partial charge in [-0.25, -0.2) is 9.78 Å². The van der Waals surface area contributed by atoms with Gasteiger partial charge >= 0.3 is 6.09 Å². The van der Waals surface area contributed by atoms with Gasteiger partial charge < -0.3 is 14.2 Å². The van der Waals surface area contributed by atoms with Gasteiger partial charge in [-0.15, -0.1) is 0 Å². The smallest absolute Gasteiger partial charge is 0.414 e. The van der Waals surface area contributed by atoms with E-state index in [0.717, 1.165) is 30.2 Å². The van der Waals surface area contributed by atoms with Gasteiger partial charge in [-0.05, 0) is 39.3 Å². The fraction of sp³-hybridized carbons (Fsp3) is 0.474. The largest absolute Gasteiger partial charge is 0.443 e. The fourth-order valence-electron chi connectivity index (χ4n) is 3.01. The van der Waals surface area contributed by atoms with Crippen LogP contribution in [-0.4, -0.2) is 34.3 Å². The average Bonchev–Trinajstić information content (AvgIpc) is 2.84. The molecule has 0 bridgehead atoms. The summed E-state index contributed by atoms with van der Waals surface area (Å²) in [5, 5.41) is 0. The van der Waals surface area contributed by atoms with Crippen molar-refractivity contribution >= 4 is 17.5 Å². The van der Waals surface area contributed by atoms with Crippen LogP contribution in [0.1, 0.15) is 33.0 Å². The third-order valence-electron chi connectivity index (χ3n) is 4.19. The molecule has 0 spiro atoms. The number of amides is 1. The summed E-state index contributed by atoms with van der Waals surface area (Å²) in [6.45, 7) is 7.89. The maximum absolute atomic E-state index is 12.7. The van der Waals surface area contributed by atoms with Crippen LogP contribution in [0.15, 0.2) is 36.7 Å². The molecule has 0 N–H and O–H groups in total. The van der Waals surface area contributed by atoms with E-state index in [4.69, 9.17) is 4.74 Å². The number of imidazole rings is 1. The van der Waals surface area contributed by atoms with E-state index >= 15 is 0 Å². The molecule has 1 aliphatic heterocycles. The number of hydrogen-bond donors (Lipinski definition) is 0. The summed E-state index contributed by atoms with van der Waals surface area (Å²) in [7, 11) is 2.00. The van der Waals surface area contributed by atoms with Crippen molar-refractivity contribution in [2.75, 3.05) is 22.9 Å². The van der Waals surface area contributed by atoms with Crippen molar-refractivity contribution in [3.05, 3.63) is 42.5 Å². The van der Waals surface area contributed by atoms with E-state index in [0.29, 0.717) is 13.1 Å². The Balaban J connectivity index is 1.90. The second-order valence-corrected chi connectivity index (χ2v) is 7.35. The average molecular weight is 342 g/mol. The molecule has 0 saturated heterocycles. The first-order valence-corrected chi connectivity index (χ1v) is 8.66. The Hall–Kier alpha value is -2.50. The lowest BCUT2D eigenvalue weighted by atomic mass is 10.2. The predicted octanol–water partition coefficient (Wildman–Crippen LogP) is 3.57. The number of aromatic nitrogens is 2. The standard InChI is InChI=1S/C19H26N4O2/c1-19(2,3)25-18(24)23-12-7-11-22(14-17-20-10-13-21(17)4)15-8-5-6-9-16(15)23/h5-6,8-10,13H,7,11-12,14H2,1-4H3. The molecule has 0 unspecified atom stereocenters. The van der Waals surface area contributed by atoms with Gasteiger partial charge in [0, 0.05) is 32.5 Å². The molecule has 6 heteroatoms. The third-order valence-corrected chi connectivity index (χ3v) is 4.19. The first-order chi connectivity index (χ1) is 11.8. The molecule has 2 aromatic rings. The maximum atomic E-state index is 12.7. The monoisotopic (exact) mass is 342 g/mol. The molecule has 0 radical (unpaired) electrons. The molecule has 0 fully saturated rings. The highest BCUT2D eigenvalue weighted by atomic mass is 16.6. The molecule has 0 atom stereocenters. The Labute approximate surface area is 149 Å². The van der Waals surface area contributed by atoms with Crippen molar-refractivity contribution in [3.63, 3.8) is 0 Å². The minimum atomic E-state index is -0.509. The van der Waals surface area contributed by atoms with E-state index in [2.05, 4.69) is 16.0 Å². The zero-order chi connectivity index (χ0) is 18.0. The number of nitrogens with zero attached hydrogens (tertiary/aromatic N) is 4. The molecule has 0 aliphatic carbocycles. The number of carbonyl (C=O) groups is 1. The molecular formula is C19H26N4O2. The van der Waals surface area contributed by atoms with Gasteiger partial charge in [-0.2, -0.15) is 0 Å². The Morgan fingerprint density at radius 3 is 2.56 bits per heavy atom. The number of para-hydroxylation sites is 2. The second kappa shape index (κ2) is 6.78. The van der Waals surface area contributed by atoms with Gasteiger partial charge in [-0.1, -0.05) is 12.1 Å². The zero-order valence-corrected chi connectivity index (χ0v) is 15.4. The maximum Gasteiger partial charge on any atom is 0.414 e. The van der Waals surface area contributed by atoms with Crippen molar-refractivity contribution in [2.45, 2.75) is 39.3 Å². The van der Waals surface area contributed by atoms with Crippen LogP contribution >= 0.6 is 0 Å². The van der Waals surface area contributed by atoms with Crippen LogP contribution in [0.4, 0.5) is 16.2 Å². The predicted molar refractivity (Wildman–Crippen MR) is 98.9 cm³/mol. The number of carbonyl (C=O) groups excluding carboxylic acids is 1. The van der Waals surface area contributed by atoms with Crippen molar-refractivity contribution < 1.29 is 9.53 Å². The van der Waals surface area contributed by atoms with Gasteiger partial charge in [0.1, 0.15) is 11.4 Å². The Morgan fingerprint density at radius 1 is 1.20 bits per heavy atom. The van der Waals surface area contributed by atoms with Crippen LogP contribution in [0.5, 0.6) is 0 Å². The number of ether oxygens (including phenoxy) is 1. The highest BCUT2D eigenvalue weighted by molar-refractivity contribution is 5.93. The highest BCUT2D eigenvalue weighted by Crippen LogP contribution is 2.33. The Bertz CT molecular complexity index is 748. The van der Waals surface area contributed by atoms with E-state index < -0.39 is 5.60 Å². The van der Waals surface area contributed by atoms with Crippen LogP contribution < -0.4 is 9.80 Å². The molecule has 1 aromatic carbocycles. The molecule has 6 nitrogen and oxygen atoms in total. The van der Waals surface area contributed by atoms with E-state index in [1.165, 1.54) is 0 Å². The quantitative estimate of drug-likeness (QED) is 0.837. The second-order valence-electron chi connectivity index (χ2n) is 7.35. The lowest BCUT2D eigenvalue weighted by Gasteiger charge is -2.28. The number of aryl methyl sites for hydroxylation is 1. The molecule has 0 saturated carbocycles. The summed E-state index contributed by atoms with van der Waals surface area (Å²) < 4.78 is 7.63. The molecule has 2 heterocycles. The summed E-state index contributed by atoms with van der Waals surface area (Å²) in [6.07, 6.45) is 4.34. The van der Waals surface area contributed by atoms with Crippen LogP contribution in [0.2, 0.25) is 0 Å². The van der Waals surface area contributed by atoms with Gasteiger partial charge in [0.05, 0.1) is 17.9 Å². The summed E-state index contributed by atoms with van der Waals surface area (Å²) >= 11 is 0.